The number of hydrogen-bond acceptors (Lipinski definition) is 4. The minimum atomic E-state index is -0.968. The number of nitrogens with zero attached hydrogens (tertiary/aromatic N) is 1. The van der Waals surface area contributed by atoms with E-state index < -0.39 is 5.97 Å². The second kappa shape index (κ2) is 6.06. The molecule has 1 aromatic heterocycles. The van der Waals surface area contributed by atoms with E-state index in [9.17, 15) is 4.79 Å². The predicted molar refractivity (Wildman–Crippen MR) is 76.3 cm³/mol. The van der Waals surface area contributed by atoms with Gasteiger partial charge in [0.05, 0.1) is 30.6 Å². The first-order valence-electron chi connectivity index (χ1n) is 6.17. The van der Waals surface area contributed by atoms with E-state index in [0.717, 1.165) is 11.3 Å². The van der Waals surface area contributed by atoms with Crippen LogP contribution in [-0.4, -0.2) is 23.2 Å². The van der Waals surface area contributed by atoms with Crippen molar-refractivity contribution < 1.29 is 14.6 Å². The minimum Gasteiger partial charge on any atom is -0.495 e. The Morgan fingerprint density at radius 3 is 2.75 bits per heavy atom. The number of carboxylic acid groups (broad SMARTS) is 1. The van der Waals surface area contributed by atoms with Crippen molar-refractivity contribution in [1.82, 2.24) is 4.98 Å². The molecule has 0 saturated carbocycles. The molecule has 2 rings (SSSR count). The number of aromatic nitrogens is 1. The van der Waals surface area contributed by atoms with E-state index in [-0.39, 0.29) is 5.56 Å². The van der Waals surface area contributed by atoms with E-state index in [0.29, 0.717) is 18.0 Å². The van der Waals surface area contributed by atoms with Gasteiger partial charge in [-0.05, 0) is 36.8 Å². The van der Waals surface area contributed by atoms with Crippen molar-refractivity contribution in [3.05, 3.63) is 53.3 Å². The van der Waals surface area contributed by atoms with Crippen LogP contribution in [0.4, 0.5) is 5.69 Å². The average Bonchev–Trinajstić information content (AvgIpc) is 2.46. The van der Waals surface area contributed by atoms with Crippen LogP contribution in [0.25, 0.3) is 0 Å². The second-order valence-corrected chi connectivity index (χ2v) is 4.40. The van der Waals surface area contributed by atoms with Crippen LogP contribution in [0.2, 0.25) is 0 Å². The molecule has 2 aromatic rings. The minimum absolute atomic E-state index is 0.213. The number of rotatable bonds is 5. The Hall–Kier alpha value is -2.56. The summed E-state index contributed by atoms with van der Waals surface area (Å²) in [4.78, 5) is 15.3. The fourth-order valence-corrected chi connectivity index (χ4v) is 1.77. The third-order valence-electron chi connectivity index (χ3n) is 2.88. The van der Waals surface area contributed by atoms with Crippen LogP contribution in [-0.2, 0) is 6.54 Å². The average molecular weight is 272 g/mol. The number of methoxy groups -OCH3 is 1. The summed E-state index contributed by atoms with van der Waals surface area (Å²) >= 11 is 0. The smallest absolute Gasteiger partial charge is 0.335 e. The number of anilines is 1. The molecule has 5 nitrogen and oxygen atoms in total. The number of hydrogen-bond donors (Lipinski definition) is 2. The van der Waals surface area contributed by atoms with Gasteiger partial charge in [0, 0.05) is 6.20 Å². The zero-order valence-corrected chi connectivity index (χ0v) is 11.4. The number of pyridine rings is 1. The number of aromatic carboxylic acids is 1. The van der Waals surface area contributed by atoms with Gasteiger partial charge in [0.15, 0.2) is 0 Å². The third-order valence-corrected chi connectivity index (χ3v) is 2.88. The van der Waals surface area contributed by atoms with E-state index in [1.54, 1.807) is 25.4 Å². The largest absolute Gasteiger partial charge is 0.495 e. The first kappa shape index (κ1) is 13.9. The van der Waals surface area contributed by atoms with Gasteiger partial charge in [0.1, 0.15) is 5.75 Å². The summed E-state index contributed by atoms with van der Waals surface area (Å²) in [5.74, 6) is -0.369. The molecular formula is C15H16N2O3. The first-order valence-corrected chi connectivity index (χ1v) is 6.17. The van der Waals surface area contributed by atoms with Crippen LogP contribution >= 0.6 is 0 Å². The van der Waals surface area contributed by atoms with Crippen molar-refractivity contribution >= 4 is 11.7 Å². The second-order valence-electron chi connectivity index (χ2n) is 4.40. The molecular weight excluding hydrogens is 256 g/mol. The maximum Gasteiger partial charge on any atom is 0.335 e. The first-order chi connectivity index (χ1) is 9.60. The molecule has 0 saturated heterocycles. The summed E-state index contributed by atoms with van der Waals surface area (Å²) in [6, 6.07) is 8.60. The molecule has 0 spiro atoms. The number of ether oxygens (including phenoxy) is 1. The number of benzene rings is 1. The van der Waals surface area contributed by atoms with Crippen molar-refractivity contribution in [2.24, 2.45) is 0 Å². The van der Waals surface area contributed by atoms with Gasteiger partial charge in [0.25, 0.3) is 0 Å². The molecule has 2 N–H and O–H groups in total. The highest BCUT2D eigenvalue weighted by atomic mass is 16.5. The zero-order valence-electron chi connectivity index (χ0n) is 11.4. The van der Waals surface area contributed by atoms with Crippen molar-refractivity contribution in [2.45, 2.75) is 13.5 Å². The van der Waals surface area contributed by atoms with Crippen molar-refractivity contribution in [1.29, 1.82) is 0 Å². The molecule has 0 radical (unpaired) electrons. The highest BCUT2D eigenvalue weighted by Gasteiger charge is 2.08. The SMILES string of the molecule is COc1ccc(C(=O)O)cc1NCc1ccc(C)cn1. The van der Waals surface area contributed by atoms with E-state index in [4.69, 9.17) is 9.84 Å². The van der Waals surface area contributed by atoms with Crippen LogP contribution in [0.5, 0.6) is 5.75 Å². The van der Waals surface area contributed by atoms with Crippen LogP contribution in [0.15, 0.2) is 36.5 Å². The molecule has 0 atom stereocenters. The molecule has 1 heterocycles. The monoisotopic (exact) mass is 272 g/mol. The Bertz CT molecular complexity index is 609. The maximum absolute atomic E-state index is 11.0. The normalized spacial score (nSPS) is 10.1. The lowest BCUT2D eigenvalue weighted by Gasteiger charge is -2.11. The van der Waals surface area contributed by atoms with Gasteiger partial charge in [-0.25, -0.2) is 4.79 Å². The molecule has 1 aromatic carbocycles. The van der Waals surface area contributed by atoms with E-state index >= 15 is 0 Å². The van der Waals surface area contributed by atoms with Gasteiger partial charge in [-0.15, -0.1) is 0 Å². The maximum atomic E-state index is 11.0. The Morgan fingerprint density at radius 2 is 2.15 bits per heavy atom. The summed E-state index contributed by atoms with van der Waals surface area (Å²) < 4.78 is 5.21. The summed E-state index contributed by atoms with van der Waals surface area (Å²) in [5, 5.41) is 12.2. The van der Waals surface area contributed by atoms with Crippen molar-refractivity contribution in [2.75, 3.05) is 12.4 Å². The fourth-order valence-electron chi connectivity index (χ4n) is 1.77. The van der Waals surface area contributed by atoms with Gasteiger partial charge in [-0.1, -0.05) is 6.07 Å². The predicted octanol–water partition coefficient (Wildman–Crippen LogP) is 2.71. The number of carboxylic acids is 1. The molecule has 0 fully saturated rings. The third kappa shape index (κ3) is 3.26. The number of carbonyl (C=O) groups is 1. The lowest BCUT2D eigenvalue weighted by atomic mass is 10.2. The van der Waals surface area contributed by atoms with Crippen molar-refractivity contribution in [3.8, 4) is 5.75 Å². The topological polar surface area (TPSA) is 71.5 Å². The van der Waals surface area contributed by atoms with E-state index in [2.05, 4.69) is 10.3 Å². The zero-order chi connectivity index (χ0) is 14.5. The molecule has 0 unspecified atom stereocenters. The lowest BCUT2D eigenvalue weighted by molar-refractivity contribution is 0.0697. The molecule has 0 aliphatic rings. The van der Waals surface area contributed by atoms with Crippen LogP contribution < -0.4 is 10.1 Å². The lowest BCUT2D eigenvalue weighted by Crippen LogP contribution is -2.05. The van der Waals surface area contributed by atoms with Gasteiger partial charge in [-0.3, -0.25) is 4.98 Å². The Kier molecular flexibility index (Phi) is 4.20. The Labute approximate surface area is 117 Å². The number of nitrogens with one attached hydrogen (secondary N) is 1. The van der Waals surface area contributed by atoms with Crippen LogP contribution in [0.3, 0.4) is 0 Å². The van der Waals surface area contributed by atoms with E-state index in [1.165, 1.54) is 6.07 Å². The highest BCUT2D eigenvalue weighted by Crippen LogP contribution is 2.25. The standard InChI is InChI=1S/C15H16N2O3/c1-10-3-5-12(16-8-10)9-17-13-7-11(15(18)19)4-6-14(13)20-2/h3-8,17H,9H2,1-2H3,(H,18,19). The summed E-state index contributed by atoms with van der Waals surface area (Å²) in [7, 11) is 1.55. The van der Waals surface area contributed by atoms with Crippen LogP contribution in [0, 0.1) is 6.92 Å². The molecule has 0 amide bonds. The van der Waals surface area contributed by atoms with Crippen molar-refractivity contribution in [3.63, 3.8) is 0 Å². The Morgan fingerprint density at radius 1 is 1.35 bits per heavy atom. The quantitative estimate of drug-likeness (QED) is 0.875. The van der Waals surface area contributed by atoms with Gasteiger partial charge in [-0.2, -0.15) is 0 Å². The summed E-state index contributed by atoms with van der Waals surface area (Å²) in [5.41, 5.74) is 2.82. The van der Waals surface area contributed by atoms with Gasteiger partial charge >= 0.3 is 5.97 Å². The summed E-state index contributed by atoms with van der Waals surface area (Å²) in [6.45, 7) is 2.48. The van der Waals surface area contributed by atoms with E-state index in [1.807, 2.05) is 19.1 Å². The molecule has 20 heavy (non-hydrogen) atoms. The van der Waals surface area contributed by atoms with Crippen LogP contribution in [0.1, 0.15) is 21.6 Å². The highest BCUT2D eigenvalue weighted by molar-refractivity contribution is 5.89. The van der Waals surface area contributed by atoms with Gasteiger partial charge < -0.3 is 15.2 Å². The molecule has 104 valence electrons. The molecule has 0 aliphatic heterocycles. The molecule has 0 bridgehead atoms. The fraction of sp³-hybridized carbons (Fsp3) is 0.200. The molecule has 0 aliphatic carbocycles. The summed E-state index contributed by atoms with van der Waals surface area (Å²) in [6.07, 6.45) is 1.79. The Balaban J connectivity index is 2.16. The number of aryl methyl sites for hydroxylation is 1. The molecule has 5 heteroatoms. The van der Waals surface area contributed by atoms with Gasteiger partial charge in [0.2, 0.25) is 0 Å².